The maximum absolute atomic E-state index is 11.9. The first-order valence-corrected chi connectivity index (χ1v) is 9.99. The summed E-state index contributed by atoms with van der Waals surface area (Å²) in [4.78, 5) is 25.5. The predicted octanol–water partition coefficient (Wildman–Crippen LogP) is 5.58. The third-order valence-electron chi connectivity index (χ3n) is 4.00. The summed E-state index contributed by atoms with van der Waals surface area (Å²) in [5.74, 6) is 0. The first kappa shape index (κ1) is 17.6. The molecule has 27 heavy (non-hydrogen) atoms. The van der Waals surface area contributed by atoms with E-state index >= 15 is 0 Å². The van der Waals surface area contributed by atoms with Crippen LogP contribution in [0.15, 0.2) is 24.3 Å². The van der Waals surface area contributed by atoms with Crippen molar-refractivity contribution in [2.24, 2.45) is 0 Å². The SMILES string of the molecule is Cc1ccc(-c2c([N+](=O)[O-])c([N+](=O)[O-])c(-c3ccc(C)s3)c3nsnc23)s1. The Hall–Kier alpha value is -2.76. The van der Waals surface area contributed by atoms with E-state index in [0.717, 1.165) is 21.5 Å². The van der Waals surface area contributed by atoms with Gasteiger partial charge in [-0.1, -0.05) is 0 Å². The Kier molecular flexibility index (Phi) is 4.21. The lowest BCUT2D eigenvalue weighted by Crippen LogP contribution is -2.02. The monoisotopic (exact) mass is 418 g/mol. The molecule has 0 aliphatic carbocycles. The highest BCUT2D eigenvalue weighted by atomic mass is 32.1. The van der Waals surface area contributed by atoms with Crippen LogP contribution in [0.25, 0.3) is 31.9 Å². The van der Waals surface area contributed by atoms with E-state index in [1.165, 1.54) is 22.7 Å². The first-order chi connectivity index (χ1) is 12.9. The van der Waals surface area contributed by atoms with E-state index < -0.39 is 21.2 Å². The number of nitro benzene ring substituents is 2. The summed E-state index contributed by atoms with van der Waals surface area (Å²) in [5, 5.41) is 23.9. The Morgan fingerprint density at radius 1 is 0.778 bits per heavy atom. The lowest BCUT2D eigenvalue weighted by molar-refractivity contribution is -0.421. The average molecular weight is 418 g/mol. The number of aromatic nitrogens is 2. The second-order valence-electron chi connectivity index (χ2n) is 5.74. The molecule has 0 bridgehead atoms. The summed E-state index contributed by atoms with van der Waals surface area (Å²) in [6.07, 6.45) is 0. The molecule has 3 heterocycles. The molecule has 0 aliphatic heterocycles. The molecule has 3 aromatic heterocycles. The summed E-state index contributed by atoms with van der Waals surface area (Å²) in [6, 6.07) is 7.08. The minimum absolute atomic E-state index is 0.158. The van der Waals surface area contributed by atoms with Crippen LogP contribution >= 0.6 is 34.4 Å². The lowest BCUT2D eigenvalue weighted by Gasteiger charge is -2.07. The van der Waals surface area contributed by atoms with Crippen LogP contribution in [-0.4, -0.2) is 18.6 Å². The van der Waals surface area contributed by atoms with Gasteiger partial charge in [0.15, 0.2) is 0 Å². The van der Waals surface area contributed by atoms with Crippen molar-refractivity contribution < 1.29 is 9.85 Å². The minimum Gasteiger partial charge on any atom is -0.258 e. The molecule has 0 fully saturated rings. The number of benzene rings is 1. The standard InChI is InChI=1S/C16H10N4O4S3/c1-7-3-5-9(25-7)11-13-14(18-27-17-13)12(10-6-4-8(2)26-10)16(20(23)24)15(11)19(21)22/h3-6H,1-2H3. The Labute approximate surface area is 164 Å². The fourth-order valence-corrected chi connectivity index (χ4v) is 5.33. The smallest absolute Gasteiger partial charge is 0.258 e. The van der Waals surface area contributed by atoms with Crippen molar-refractivity contribution in [2.75, 3.05) is 0 Å². The third kappa shape index (κ3) is 2.80. The van der Waals surface area contributed by atoms with E-state index in [0.29, 0.717) is 20.8 Å². The van der Waals surface area contributed by atoms with E-state index in [4.69, 9.17) is 0 Å². The van der Waals surface area contributed by atoms with Gasteiger partial charge in [-0.3, -0.25) is 20.2 Å². The fraction of sp³-hybridized carbons (Fsp3) is 0.125. The number of hydrogen-bond acceptors (Lipinski definition) is 9. The van der Waals surface area contributed by atoms with Crippen molar-refractivity contribution in [1.82, 2.24) is 8.75 Å². The van der Waals surface area contributed by atoms with E-state index in [1.807, 2.05) is 26.0 Å². The molecule has 8 nitrogen and oxygen atoms in total. The zero-order valence-electron chi connectivity index (χ0n) is 14.0. The summed E-state index contributed by atoms with van der Waals surface area (Å²) in [6.45, 7) is 3.74. The van der Waals surface area contributed by atoms with Crippen LogP contribution in [0.2, 0.25) is 0 Å². The zero-order valence-corrected chi connectivity index (χ0v) is 16.4. The molecule has 0 spiro atoms. The Morgan fingerprint density at radius 3 is 1.48 bits per heavy atom. The van der Waals surface area contributed by atoms with Crippen LogP contribution in [-0.2, 0) is 0 Å². The number of hydrogen-bond donors (Lipinski definition) is 0. The van der Waals surface area contributed by atoms with Crippen LogP contribution in [0.3, 0.4) is 0 Å². The third-order valence-corrected chi connectivity index (χ3v) is 6.56. The van der Waals surface area contributed by atoms with Gasteiger partial charge in [-0.2, -0.15) is 8.75 Å². The van der Waals surface area contributed by atoms with Gasteiger partial charge in [0.2, 0.25) is 0 Å². The zero-order chi connectivity index (χ0) is 19.3. The molecule has 0 unspecified atom stereocenters. The normalized spacial score (nSPS) is 11.2. The van der Waals surface area contributed by atoms with Crippen LogP contribution in [0, 0.1) is 34.1 Å². The van der Waals surface area contributed by atoms with Gasteiger partial charge in [-0.05, 0) is 38.1 Å². The Morgan fingerprint density at radius 2 is 1.19 bits per heavy atom. The van der Waals surface area contributed by atoms with Crippen molar-refractivity contribution in [3.8, 4) is 20.9 Å². The summed E-state index contributed by atoms with van der Waals surface area (Å²) in [7, 11) is 0. The van der Waals surface area contributed by atoms with E-state index in [1.54, 1.807) is 12.1 Å². The highest BCUT2D eigenvalue weighted by molar-refractivity contribution is 7.16. The van der Waals surface area contributed by atoms with Gasteiger partial charge in [0.05, 0.1) is 21.6 Å². The molecule has 136 valence electrons. The number of fused-ring (bicyclic) bond motifs is 1. The quantitative estimate of drug-likeness (QED) is 0.316. The maximum Gasteiger partial charge on any atom is 0.357 e. The molecule has 0 saturated heterocycles. The van der Waals surface area contributed by atoms with Crippen molar-refractivity contribution in [3.63, 3.8) is 0 Å². The van der Waals surface area contributed by atoms with Gasteiger partial charge in [0.1, 0.15) is 22.2 Å². The van der Waals surface area contributed by atoms with E-state index in [9.17, 15) is 20.2 Å². The van der Waals surface area contributed by atoms with E-state index in [-0.39, 0.29) is 11.1 Å². The van der Waals surface area contributed by atoms with Gasteiger partial charge in [0.25, 0.3) is 0 Å². The summed E-state index contributed by atoms with van der Waals surface area (Å²) < 4.78 is 8.51. The molecular weight excluding hydrogens is 408 g/mol. The highest BCUT2D eigenvalue weighted by Crippen LogP contribution is 2.51. The largest absolute Gasteiger partial charge is 0.357 e. The van der Waals surface area contributed by atoms with Crippen LogP contribution in [0.4, 0.5) is 11.4 Å². The predicted molar refractivity (Wildman–Crippen MR) is 107 cm³/mol. The van der Waals surface area contributed by atoms with Crippen LogP contribution < -0.4 is 0 Å². The number of aryl methyl sites for hydroxylation is 2. The molecule has 0 saturated carbocycles. The molecule has 1 aromatic carbocycles. The number of nitrogens with zero attached hydrogens (tertiary/aromatic N) is 4. The topological polar surface area (TPSA) is 112 Å². The lowest BCUT2D eigenvalue weighted by atomic mass is 10.0. The second-order valence-corrected chi connectivity index (χ2v) is 8.85. The molecular formula is C16H10N4O4S3. The average Bonchev–Trinajstić information content (AvgIpc) is 3.33. The van der Waals surface area contributed by atoms with Gasteiger partial charge < -0.3 is 0 Å². The molecule has 0 atom stereocenters. The van der Waals surface area contributed by atoms with Crippen molar-refractivity contribution in [2.45, 2.75) is 13.8 Å². The first-order valence-electron chi connectivity index (χ1n) is 7.63. The molecule has 11 heteroatoms. The highest BCUT2D eigenvalue weighted by Gasteiger charge is 2.39. The number of thiophene rings is 2. The Bertz CT molecular complexity index is 1130. The van der Waals surface area contributed by atoms with Crippen molar-refractivity contribution in [3.05, 3.63) is 54.2 Å². The summed E-state index contributed by atoms with van der Waals surface area (Å²) in [5.41, 5.74) is -0.122. The molecule has 0 radical (unpaired) electrons. The van der Waals surface area contributed by atoms with Crippen molar-refractivity contribution >= 4 is 56.8 Å². The molecule has 0 amide bonds. The fourth-order valence-electron chi connectivity index (χ4n) is 2.94. The number of rotatable bonds is 4. The van der Waals surface area contributed by atoms with Gasteiger partial charge in [-0.25, -0.2) is 0 Å². The number of nitro groups is 2. The molecule has 0 N–H and O–H groups in total. The maximum atomic E-state index is 11.9. The van der Waals surface area contributed by atoms with Crippen LogP contribution in [0.5, 0.6) is 0 Å². The molecule has 4 rings (SSSR count). The van der Waals surface area contributed by atoms with Crippen molar-refractivity contribution in [1.29, 1.82) is 0 Å². The Balaban J connectivity index is 2.23. The van der Waals surface area contributed by atoms with E-state index in [2.05, 4.69) is 8.75 Å². The second kappa shape index (κ2) is 6.44. The van der Waals surface area contributed by atoms with Gasteiger partial charge in [-0.15, -0.1) is 22.7 Å². The van der Waals surface area contributed by atoms with Gasteiger partial charge >= 0.3 is 11.4 Å². The summed E-state index contributed by atoms with van der Waals surface area (Å²) >= 11 is 3.55. The van der Waals surface area contributed by atoms with Crippen LogP contribution in [0.1, 0.15) is 9.75 Å². The molecule has 4 aromatic rings. The van der Waals surface area contributed by atoms with Gasteiger partial charge in [0, 0.05) is 19.5 Å². The minimum atomic E-state index is -0.689. The molecule has 0 aliphatic rings.